The highest BCUT2D eigenvalue weighted by Crippen LogP contribution is 2.38. The molecule has 0 amide bonds. The van der Waals surface area contributed by atoms with Crippen LogP contribution in [0.1, 0.15) is 31.7 Å². The predicted octanol–water partition coefficient (Wildman–Crippen LogP) is 3.38. The lowest BCUT2D eigenvalue weighted by atomic mass is 9.97. The number of halogens is 1. The van der Waals surface area contributed by atoms with Crippen molar-refractivity contribution >= 4 is 30.2 Å². The van der Waals surface area contributed by atoms with Crippen LogP contribution in [-0.4, -0.2) is 64.2 Å². The molecule has 0 unspecified atom stereocenters. The fourth-order valence-electron chi connectivity index (χ4n) is 3.39. The van der Waals surface area contributed by atoms with Gasteiger partial charge in [-0.3, -0.25) is 9.59 Å². The smallest absolute Gasteiger partial charge is 0.309 e. The number of likely N-dealkylation sites (tertiary alicyclic amines) is 1. The number of carbonyl (C=O) groups excluding carboxylic acids is 2. The molecule has 1 aliphatic heterocycles. The molecule has 1 fully saturated rings. The van der Waals surface area contributed by atoms with E-state index in [1.807, 2.05) is 6.92 Å². The maximum atomic E-state index is 12.3. The quantitative estimate of drug-likeness (QED) is 0.407. The van der Waals surface area contributed by atoms with E-state index in [-0.39, 0.29) is 30.1 Å². The zero-order valence-electron chi connectivity index (χ0n) is 18.1. The van der Waals surface area contributed by atoms with Crippen molar-refractivity contribution in [3.05, 3.63) is 23.8 Å². The van der Waals surface area contributed by atoms with Crippen molar-refractivity contribution in [2.75, 3.05) is 47.6 Å². The molecule has 168 valence electrons. The van der Waals surface area contributed by atoms with Crippen molar-refractivity contribution in [2.24, 2.45) is 5.92 Å². The Bertz CT molecular complexity index is 703. The number of ether oxygens (including phenoxy) is 4. The number of methoxy groups -OCH3 is 3. The van der Waals surface area contributed by atoms with E-state index < -0.39 is 0 Å². The minimum atomic E-state index is -0.100. The van der Waals surface area contributed by atoms with Crippen LogP contribution in [-0.2, 0) is 14.3 Å². The molecule has 1 saturated heterocycles. The summed E-state index contributed by atoms with van der Waals surface area (Å²) in [7, 11) is 4.66. The van der Waals surface area contributed by atoms with E-state index in [2.05, 4.69) is 4.90 Å². The van der Waals surface area contributed by atoms with Crippen molar-refractivity contribution in [1.82, 2.24) is 4.90 Å². The van der Waals surface area contributed by atoms with Crippen LogP contribution in [0, 0.1) is 5.92 Å². The van der Waals surface area contributed by atoms with Crippen LogP contribution >= 0.6 is 12.4 Å². The first-order chi connectivity index (χ1) is 14.0. The van der Waals surface area contributed by atoms with Gasteiger partial charge in [0.15, 0.2) is 17.3 Å². The summed E-state index contributed by atoms with van der Waals surface area (Å²) in [6.45, 7) is 4.56. The average molecular weight is 442 g/mol. The average Bonchev–Trinajstić information content (AvgIpc) is 2.75. The SMILES string of the molecule is CCOC(=O)C1CCN(CCC(=O)/C=C/c2cc(OC)c(OC)c(OC)c2)CC1.Cl. The fourth-order valence-corrected chi connectivity index (χ4v) is 3.39. The number of rotatable bonds is 10. The number of piperidine rings is 1. The normalized spacial score (nSPS) is 14.8. The lowest BCUT2D eigenvalue weighted by Gasteiger charge is -2.30. The fraction of sp³-hybridized carbons (Fsp3) is 0.545. The van der Waals surface area contributed by atoms with Gasteiger partial charge in [0.1, 0.15) is 0 Å². The minimum absolute atomic E-state index is 0. The molecule has 0 radical (unpaired) electrons. The molecular formula is C22H32ClNO6. The number of hydrogen-bond acceptors (Lipinski definition) is 7. The van der Waals surface area contributed by atoms with Gasteiger partial charge in [0.25, 0.3) is 0 Å². The van der Waals surface area contributed by atoms with Crippen molar-refractivity contribution < 1.29 is 28.5 Å². The highest BCUT2D eigenvalue weighted by Gasteiger charge is 2.25. The third kappa shape index (κ3) is 7.22. The zero-order chi connectivity index (χ0) is 21.2. The van der Waals surface area contributed by atoms with Crippen LogP contribution in [0.15, 0.2) is 18.2 Å². The van der Waals surface area contributed by atoms with Crippen molar-refractivity contribution in [1.29, 1.82) is 0 Å². The third-order valence-electron chi connectivity index (χ3n) is 5.03. The number of ketones is 1. The van der Waals surface area contributed by atoms with Gasteiger partial charge in [0.05, 0.1) is 33.9 Å². The molecule has 1 aliphatic rings. The number of esters is 1. The van der Waals surface area contributed by atoms with E-state index in [1.54, 1.807) is 45.6 Å². The maximum Gasteiger partial charge on any atom is 0.309 e. The Labute approximate surface area is 184 Å². The predicted molar refractivity (Wildman–Crippen MR) is 118 cm³/mol. The topological polar surface area (TPSA) is 74.3 Å². The van der Waals surface area contributed by atoms with Crippen molar-refractivity contribution in [3.63, 3.8) is 0 Å². The van der Waals surface area contributed by atoms with Gasteiger partial charge in [-0.15, -0.1) is 12.4 Å². The molecule has 0 spiro atoms. The molecule has 0 aliphatic carbocycles. The summed E-state index contributed by atoms with van der Waals surface area (Å²) in [5.74, 6) is 1.54. The first kappa shape index (κ1) is 25.8. The van der Waals surface area contributed by atoms with Gasteiger partial charge in [-0.2, -0.15) is 0 Å². The Kier molecular flexibility index (Phi) is 11.3. The minimum Gasteiger partial charge on any atom is -0.493 e. The second kappa shape index (κ2) is 13.1. The van der Waals surface area contributed by atoms with E-state index in [4.69, 9.17) is 18.9 Å². The summed E-state index contributed by atoms with van der Waals surface area (Å²) >= 11 is 0. The summed E-state index contributed by atoms with van der Waals surface area (Å²) in [6, 6.07) is 3.59. The van der Waals surface area contributed by atoms with E-state index in [0.717, 1.165) is 31.5 Å². The monoisotopic (exact) mass is 441 g/mol. The first-order valence-corrected chi connectivity index (χ1v) is 9.92. The third-order valence-corrected chi connectivity index (χ3v) is 5.03. The highest BCUT2D eigenvalue weighted by atomic mass is 35.5. The molecule has 2 rings (SSSR count). The van der Waals surface area contributed by atoms with E-state index in [1.165, 1.54) is 0 Å². The lowest BCUT2D eigenvalue weighted by Crippen LogP contribution is -2.37. The van der Waals surface area contributed by atoms with Crippen molar-refractivity contribution in [2.45, 2.75) is 26.2 Å². The summed E-state index contributed by atoms with van der Waals surface area (Å²) in [6.07, 6.45) is 5.33. The van der Waals surface area contributed by atoms with Crippen LogP contribution in [0.3, 0.4) is 0 Å². The van der Waals surface area contributed by atoms with Crippen LogP contribution in [0.4, 0.5) is 0 Å². The van der Waals surface area contributed by atoms with E-state index in [0.29, 0.717) is 36.8 Å². The Morgan fingerprint density at radius 1 is 1.07 bits per heavy atom. The summed E-state index contributed by atoms with van der Waals surface area (Å²) in [5, 5.41) is 0. The Morgan fingerprint density at radius 2 is 1.67 bits per heavy atom. The van der Waals surface area contributed by atoms with Crippen LogP contribution in [0.2, 0.25) is 0 Å². The summed E-state index contributed by atoms with van der Waals surface area (Å²) in [5.41, 5.74) is 0.795. The number of allylic oxidation sites excluding steroid dienone is 1. The molecule has 1 aromatic rings. The van der Waals surface area contributed by atoms with Gasteiger partial charge in [-0.25, -0.2) is 0 Å². The Morgan fingerprint density at radius 3 is 2.17 bits per heavy atom. The molecule has 0 N–H and O–H groups in total. The Balaban J connectivity index is 0.00000450. The van der Waals surface area contributed by atoms with Gasteiger partial charge in [-0.1, -0.05) is 6.08 Å². The Hall–Kier alpha value is -2.25. The number of hydrogen-bond donors (Lipinski definition) is 0. The highest BCUT2D eigenvalue weighted by molar-refractivity contribution is 5.93. The molecule has 30 heavy (non-hydrogen) atoms. The standard InChI is InChI=1S/C22H31NO6.ClH/c1-5-29-22(25)17-8-11-23(12-9-17)13-10-18(24)7-6-16-14-19(26-2)21(28-4)20(15-16)27-3;/h6-7,14-15,17H,5,8-13H2,1-4H3;1H/b7-6+;. The first-order valence-electron chi connectivity index (χ1n) is 9.92. The van der Waals surface area contributed by atoms with Crippen LogP contribution in [0.25, 0.3) is 6.08 Å². The maximum absolute atomic E-state index is 12.3. The van der Waals surface area contributed by atoms with Crippen molar-refractivity contribution in [3.8, 4) is 17.2 Å². The van der Waals surface area contributed by atoms with Crippen LogP contribution < -0.4 is 14.2 Å². The number of carbonyl (C=O) groups is 2. The lowest BCUT2D eigenvalue weighted by molar-refractivity contribution is -0.149. The zero-order valence-corrected chi connectivity index (χ0v) is 19.0. The molecule has 0 bridgehead atoms. The number of benzene rings is 1. The molecule has 1 heterocycles. The van der Waals surface area contributed by atoms with Gasteiger partial charge in [-0.05, 0) is 56.6 Å². The molecule has 7 nitrogen and oxygen atoms in total. The van der Waals surface area contributed by atoms with Gasteiger partial charge >= 0.3 is 5.97 Å². The largest absolute Gasteiger partial charge is 0.493 e. The van der Waals surface area contributed by atoms with Gasteiger partial charge in [0.2, 0.25) is 5.75 Å². The summed E-state index contributed by atoms with van der Waals surface area (Å²) < 4.78 is 21.1. The second-order valence-corrected chi connectivity index (χ2v) is 6.88. The molecule has 0 atom stereocenters. The molecule has 0 aromatic heterocycles. The second-order valence-electron chi connectivity index (χ2n) is 6.88. The van der Waals surface area contributed by atoms with E-state index in [9.17, 15) is 9.59 Å². The van der Waals surface area contributed by atoms with Crippen LogP contribution in [0.5, 0.6) is 17.2 Å². The van der Waals surface area contributed by atoms with E-state index >= 15 is 0 Å². The molecule has 1 aromatic carbocycles. The summed E-state index contributed by atoms with van der Waals surface area (Å²) in [4.78, 5) is 26.3. The molecule has 0 saturated carbocycles. The molecular weight excluding hydrogens is 410 g/mol. The molecule has 8 heteroatoms. The number of nitrogens with zero attached hydrogens (tertiary/aromatic N) is 1. The van der Waals surface area contributed by atoms with Gasteiger partial charge in [0, 0.05) is 13.0 Å². The van der Waals surface area contributed by atoms with Gasteiger partial charge < -0.3 is 23.8 Å².